The summed E-state index contributed by atoms with van der Waals surface area (Å²) in [6.07, 6.45) is 1.19. The molecule has 216 valence electrons. The molecule has 1 amide bonds. The minimum absolute atomic E-state index is 0.0754. The molecule has 0 spiro atoms. The van der Waals surface area contributed by atoms with E-state index in [1.165, 1.54) is 12.1 Å². The van der Waals surface area contributed by atoms with Crippen LogP contribution in [0.15, 0.2) is 60.7 Å². The lowest BCUT2D eigenvalue weighted by molar-refractivity contribution is 0.0829. The van der Waals surface area contributed by atoms with Gasteiger partial charge in [-0.05, 0) is 115 Å². The van der Waals surface area contributed by atoms with Gasteiger partial charge in [-0.3, -0.25) is 9.69 Å². The number of hydrogen-bond acceptors (Lipinski definition) is 4. The molecule has 0 bridgehead atoms. The van der Waals surface area contributed by atoms with Crippen molar-refractivity contribution in [2.24, 2.45) is 0 Å². The SMILES string of the molecule is CCCN(CCC)Cc1cc(C)cc(C(=O)N[C@@H](Cc2cc(F)cc(F)c2)[C@H](O)CNCc2cccc(I)c2)c1. The Morgan fingerprint density at radius 3 is 2.30 bits per heavy atom. The average molecular weight is 664 g/mol. The number of carbonyl (C=O) groups is 1. The summed E-state index contributed by atoms with van der Waals surface area (Å²) in [5.41, 5.74) is 3.95. The van der Waals surface area contributed by atoms with Gasteiger partial charge in [-0.15, -0.1) is 0 Å². The third kappa shape index (κ3) is 10.5. The standard InChI is InChI=1S/C32H40F2IN3O2/c1-4-9-38(10-5-2)21-25-11-22(3)12-26(13-25)32(40)37-30(17-24-14-27(33)18-28(34)15-24)31(39)20-36-19-23-7-6-8-29(35)16-23/h6-8,11-16,18,30-31,36,39H,4-5,9-10,17,19-21H2,1-3H3,(H,37,40)/t30-,31+/m0/s1. The van der Waals surface area contributed by atoms with E-state index in [0.29, 0.717) is 17.7 Å². The third-order valence-corrected chi connectivity index (χ3v) is 7.29. The predicted octanol–water partition coefficient (Wildman–Crippen LogP) is 5.99. The van der Waals surface area contributed by atoms with E-state index in [1.54, 1.807) is 0 Å². The van der Waals surface area contributed by atoms with Gasteiger partial charge >= 0.3 is 0 Å². The van der Waals surface area contributed by atoms with Crippen molar-refractivity contribution in [2.75, 3.05) is 19.6 Å². The summed E-state index contributed by atoms with van der Waals surface area (Å²) < 4.78 is 29.0. The first-order valence-corrected chi connectivity index (χ1v) is 15.0. The van der Waals surface area contributed by atoms with E-state index in [-0.39, 0.29) is 18.9 Å². The molecule has 0 unspecified atom stereocenters. The van der Waals surface area contributed by atoms with Crippen LogP contribution in [-0.4, -0.2) is 47.7 Å². The molecular formula is C32H40F2IN3O2. The molecule has 0 saturated heterocycles. The maximum absolute atomic E-state index is 13.9. The highest BCUT2D eigenvalue weighted by Gasteiger charge is 2.23. The number of rotatable bonds is 15. The smallest absolute Gasteiger partial charge is 0.251 e. The van der Waals surface area contributed by atoms with Gasteiger partial charge < -0.3 is 15.7 Å². The van der Waals surface area contributed by atoms with Crippen molar-refractivity contribution >= 4 is 28.5 Å². The fourth-order valence-corrected chi connectivity index (χ4v) is 5.52. The molecule has 40 heavy (non-hydrogen) atoms. The molecule has 0 saturated carbocycles. The van der Waals surface area contributed by atoms with E-state index >= 15 is 0 Å². The van der Waals surface area contributed by atoms with Gasteiger partial charge in [-0.2, -0.15) is 0 Å². The number of halogens is 3. The van der Waals surface area contributed by atoms with Crippen molar-refractivity contribution in [3.8, 4) is 0 Å². The molecule has 0 aliphatic heterocycles. The molecule has 3 aromatic rings. The van der Waals surface area contributed by atoms with Gasteiger partial charge in [0.25, 0.3) is 5.91 Å². The van der Waals surface area contributed by atoms with Crippen LogP contribution in [0.1, 0.15) is 59.3 Å². The summed E-state index contributed by atoms with van der Waals surface area (Å²) in [4.78, 5) is 15.8. The van der Waals surface area contributed by atoms with E-state index in [0.717, 1.165) is 58.8 Å². The second-order valence-electron chi connectivity index (χ2n) is 10.4. The van der Waals surface area contributed by atoms with E-state index in [2.05, 4.69) is 58.0 Å². The Hall–Kier alpha value is -2.40. The summed E-state index contributed by atoms with van der Waals surface area (Å²) >= 11 is 2.25. The number of aliphatic hydroxyl groups is 1. The highest BCUT2D eigenvalue weighted by molar-refractivity contribution is 14.1. The van der Waals surface area contributed by atoms with Crippen LogP contribution in [0.3, 0.4) is 0 Å². The minimum Gasteiger partial charge on any atom is -0.390 e. The molecule has 0 fully saturated rings. The second-order valence-corrected chi connectivity index (χ2v) is 11.6. The van der Waals surface area contributed by atoms with Crippen molar-refractivity contribution in [1.29, 1.82) is 0 Å². The lowest BCUT2D eigenvalue weighted by Crippen LogP contribution is -2.48. The molecule has 3 aromatic carbocycles. The molecule has 0 radical (unpaired) electrons. The van der Waals surface area contributed by atoms with E-state index < -0.39 is 23.8 Å². The number of carbonyl (C=O) groups excluding carboxylic acids is 1. The van der Waals surface area contributed by atoms with Crippen molar-refractivity contribution in [1.82, 2.24) is 15.5 Å². The number of aryl methyl sites for hydroxylation is 1. The van der Waals surface area contributed by atoms with Crippen LogP contribution in [0.25, 0.3) is 0 Å². The molecular weight excluding hydrogens is 623 g/mol. The zero-order valence-electron chi connectivity index (χ0n) is 23.5. The largest absolute Gasteiger partial charge is 0.390 e. The topological polar surface area (TPSA) is 64.6 Å². The van der Waals surface area contributed by atoms with E-state index in [9.17, 15) is 18.7 Å². The number of amides is 1. The molecule has 3 N–H and O–H groups in total. The number of nitrogens with zero attached hydrogens (tertiary/aromatic N) is 1. The Morgan fingerprint density at radius 2 is 1.65 bits per heavy atom. The molecule has 5 nitrogen and oxygen atoms in total. The van der Waals surface area contributed by atoms with Gasteiger partial charge in [-0.1, -0.05) is 37.6 Å². The first-order chi connectivity index (χ1) is 19.2. The first kappa shape index (κ1) is 32.1. The third-order valence-electron chi connectivity index (χ3n) is 6.62. The minimum atomic E-state index is -0.994. The summed E-state index contributed by atoms with van der Waals surface area (Å²) in [6, 6.07) is 16.3. The Bertz CT molecular complexity index is 1230. The molecule has 0 aliphatic rings. The molecule has 2 atom stereocenters. The molecule has 8 heteroatoms. The quantitative estimate of drug-likeness (QED) is 0.175. The van der Waals surface area contributed by atoms with Gasteiger partial charge in [0.15, 0.2) is 0 Å². The number of benzene rings is 3. The van der Waals surface area contributed by atoms with Crippen molar-refractivity contribution < 1.29 is 18.7 Å². The second kappa shape index (κ2) is 16.1. The Labute approximate surface area is 250 Å². The summed E-state index contributed by atoms with van der Waals surface area (Å²) in [6.45, 7) is 9.72. The van der Waals surface area contributed by atoms with Crippen LogP contribution in [-0.2, 0) is 19.5 Å². The van der Waals surface area contributed by atoms with Gasteiger partial charge in [-0.25, -0.2) is 8.78 Å². The Balaban J connectivity index is 1.77. The summed E-state index contributed by atoms with van der Waals surface area (Å²) in [5, 5.41) is 17.3. The molecule has 0 aliphatic carbocycles. The molecule has 0 heterocycles. The van der Waals surface area contributed by atoms with E-state index in [4.69, 9.17) is 0 Å². The van der Waals surface area contributed by atoms with Crippen molar-refractivity contribution in [3.05, 3.63) is 104 Å². The van der Waals surface area contributed by atoms with E-state index in [1.807, 2.05) is 43.3 Å². The summed E-state index contributed by atoms with van der Waals surface area (Å²) in [5.74, 6) is -1.72. The molecule has 0 aromatic heterocycles. The first-order valence-electron chi connectivity index (χ1n) is 13.9. The normalized spacial score (nSPS) is 12.9. The van der Waals surface area contributed by atoms with Crippen LogP contribution in [0.2, 0.25) is 0 Å². The van der Waals surface area contributed by atoms with Gasteiger partial charge in [0.1, 0.15) is 11.6 Å². The number of hydrogen-bond donors (Lipinski definition) is 3. The maximum atomic E-state index is 13.9. The van der Waals surface area contributed by atoms with Crippen LogP contribution < -0.4 is 10.6 Å². The molecule has 3 rings (SSSR count). The van der Waals surface area contributed by atoms with Gasteiger partial charge in [0.05, 0.1) is 12.1 Å². The fraction of sp³-hybridized carbons (Fsp3) is 0.406. The maximum Gasteiger partial charge on any atom is 0.251 e. The monoisotopic (exact) mass is 663 g/mol. The van der Waals surface area contributed by atoms with Gasteiger partial charge in [0.2, 0.25) is 0 Å². The highest BCUT2D eigenvalue weighted by atomic mass is 127. The van der Waals surface area contributed by atoms with Crippen LogP contribution in [0.5, 0.6) is 0 Å². The van der Waals surface area contributed by atoms with Crippen molar-refractivity contribution in [3.63, 3.8) is 0 Å². The number of nitrogens with one attached hydrogen (secondary N) is 2. The van der Waals surface area contributed by atoms with Crippen molar-refractivity contribution in [2.45, 2.75) is 65.3 Å². The fourth-order valence-electron chi connectivity index (χ4n) is 4.92. The van der Waals surface area contributed by atoms with Gasteiger partial charge in [0, 0.05) is 34.8 Å². The summed E-state index contributed by atoms with van der Waals surface area (Å²) in [7, 11) is 0. The Morgan fingerprint density at radius 1 is 0.950 bits per heavy atom. The average Bonchev–Trinajstić information content (AvgIpc) is 2.87. The van der Waals surface area contributed by atoms with Crippen LogP contribution >= 0.6 is 22.6 Å². The lowest BCUT2D eigenvalue weighted by atomic mass is 9.99. The Kier molecular flexibility index (Phi) is 13.0. The zero-order chi connectivity index (χ0) is 29.1. The van der Waals surface area contributed by atoms with Crippen LogP contribution in [0, 0.1) is 22.1 Å². The lowest BCUT2D eigenvalue weighted by Gasteiger charge is -2.25. The highest BCUT2D eigenvalue weighted by Crippen LogP contribution is 2.16. The zero-order valence-corrected chi connectivity index (χ0v) is 25.7. The number of aliphatic hydroxyl groups excluding tert-OH is 1. The predicted molar refractivity (Wildman–Crippen MR) is 165 cm³/mol. The van der Waals surface area contributed by atoms with Crippen LogP contribution in [0.4, 0.5) is 8.78 Å².